The Labute approximate surface area is 124 Å². The van der Waals surface area contributed by atoms with Crippen molar-refractivity contribution in [2.45, 2.75) is 5.88 Å². The Morgan fingerprint density at radius 2 is 2.10 bits per heavy atom. The predicted molar refractivity (Wildman–Crippen MR) is 69.8 cm³/mol. The molecule has 2 aromatic rings. The largest absolute Gasteiger partial charge is 0.428 e. The van der Waals surface area contributed by atoms with Crippen molar-refractivity contribution in [3.63, 3.8) is 0 Å². The van der Waals surface area contributed by atoms with Gasteiger partial charge in [0.15, 0.2) is 11.6 Å². The van der Waals surface area contributed by atoms with Crippen LogP contribution in [0.25, 0.3) is 0 Å². The van der Waals surface area contributed by atoms with Gasteiger partial charge >= 0.3 is 5.69 Å². The molecule has 0 N–H and O–H groups in total. The predicted octanol–water partition coefficient (Wildman–Crippen LogP) is 4.51. The van der Waals surface area contributed by atoms with Crippen molar-refractivity contribution in [2.24, 2.45) is 0 Å². The van der Waals surface area contributed by atoms with Gasteiger partial charge in [0.2, 0.25) is 5.82 Å². The van der Waals surface area contributed by atoms with E-state index in [0.29, 0.717) is 17.0 Å². The fourth-order valence-corrected chi connectivity index (χ4v) is 2.60. The van der Waals surface area contributed by atoms with Gasteiger partial charge in [-0.15, -0.1) is 11.6 Å². The normalized spacial score (nSPS) is 10.6. The molecular weight excluding hydrogens is 337 g/mol. The summed E-state index contributed by atoms with van der Waals surface area (Å²) < 4.78 is 32.0. The molecule has 0 aliphatic rings. The lowest BCUT2D eigenvalue weighted by molar-refractivity contribution is -0.387. The van der Waals surface area contributed by atoms with Gasteiger partial charge in [0.25, 0.3) is 5.19 Å². The van der Waals surface area contributed by atoms with E-state index >= 15 is 0 Å². The molecule has 0 unspecified atom stereocenters. The van der Waals surface area contributed by atoms with Gasteiger partial charge in [-0.2, -0.15) is 9.37 Å². The SMILES string of the molecule is O=[N+]([O-])c1cc(F)c(Oc2nc(Cl)c(CCl)s2)cc1F. The molecule has 0 fully saturated rings. The molecule has 10 heteroatoms. The van der Waals surface area contributed by atoms with Gasteiger partial charge in [-0.05, 0) is 0 Å². The highest BCUT2D eigenvalue weighted by Gasteiger charge is 2.21. The quantitative estimate of drug-likeness (QED) is 0.466. The zero-order valence-electron chi connectivity index (χ0n) is 9.40. The Morgan fingerprint density at radius 1 is 1.40 bits per heavy atom. The standard InChI is InChI=1S/C10H4Cl2F2N2O3S/c11-3-8-9(12)15-10(20-8)19-7-2-4(13)6(16(17)18)1-5(7)14/h1-2H,3H2. The van der Waals surface area contributed by atoms with Crippen LogP contribution in [0.1, 0.15) is 4.88 Å². The summed E-state index contributed by atoms with van der Waals surface area (Å²) in [4.78, 5) is 13.7. The smallest absolute Gasteiger partial charge is 0.307 e. The average molecular weight is 341 g/mol. The van der Waals surface area contributed by atoms with E-state index in [9.17, 15) is 18.9 Å². The summed E-state index contributed by atoms with van der Waals surface area (Å²) in [7, 11) is 0. The Morgan fingerprint density at radius 3 is 2.65 bits per heavy atom. The minimum Gasteiger partial charge on any atom is -0.428 e. The number of hydrogen-bond acceptors (Lipinski definition) is 5. The summed E-state index contributed by atoms with van der Waals surface area (Å²) in [5.74, 6) is -2.74. The molecular formula is C10H4Cl2F2N2O3S. The lowest BCUT2D eigenvalue weighted by Gasteiger charge is -2.03. The highest BCUT2D eigenvalue weighted by atomic mass is 35.5. The molecule has 0 radical (unpaired) electrons. The summed E-state index contributed by atoms with van der Waals surface area (Å²) in [6.07, 6.45) is 0. The molecule has 0 saturated carbocycles. The minimum absolute atomic E-state index is 0.0437. The lowest BCUT2D eigenvalue weighted by Crippen LogP contribution is -1.96. The maximum Gasteiger partial charge on any atom is 0.307 e. The van der Waals surface area contributed by atoms with E-state index < -0.39 is 28.0 Å². The Hall–Kier alpha value is -1.51. The molecule has 2 rings (SSSR count). The average Bonchev–Trinajstić information content (AvgIpc) is 2.73. The van der Waals surface area contributed by atoms with Crippen LogP contribution in [-0.4, -0.2) is 9.91 Å². The third kappa shape index (κ3) is 2.97. The van der Waals surface area contributed by atoms with E-state index in [4.69, 9.17) is 27.9 Å². The van der Waals surface area contributed by atoms with Gasteiger partial charge in [-0.25, -0.2) is 4.39 Å². The third-order valence-corrected chi connectivity index (χ3v) is 3.93. The zero-order chi connectivity index (χ0) is 14.9. The van der Waals surface area contributed by atoms with Gasteiger partial charge in [0.1, 0.15) is 5.15 Å². The number of halogens is 4. The molecule has 5 nitrogen and oxygen atoms in total. The molecule has 0 spiro atoms. The number of nitro benzene ring substituents is 1. The van der Waals surface area contributed by atoms with Gasteiger partial charge in [0, 0.05) is 6.07 Å². The minimum atomic E-state index is -1.22. The monoisotopic (exact) mass is 340 g/mol. The first kappa shape index (κ1) is 14.9. The number of hydrogen-bond donors (Lipinski definition) is 0. The second kappa shape index (κ2) is 5.86. The molecule has 20 heavy (non-hydrogen) atoms. The van der Waals surface area contributed by atoms with Crippen LogP contribution in [0.15, 0.2) is 12.1 Å². The summed E-state index contributed by atoms with van der Waals surface area (Å²) >= 11 is 12.3. The van der Waals surface area contributed by atoms with Crippen LogP contribution in [0, 0.1) is 21.7 Å². The van der Waals surface area contributed by atoms with Gasteiger partial charge in [-0.3, -0.25) is 10.1 Å². The van der Waals surface area contributed by atoms with Crippen molar-refractivity contribution in [1.82, 2.24) is 4.98 Å². The van der Waals surface area contributed by atoms with E-state index in [1.54, 1.807) is 0 Å². The molecule has 106 valence electrons. The Kier molecular flexibility index (Phi) is 4.36. The number of ether oxygens (including phenoxy) is 1. The molecule has 0 bridgehead atoms. The van der Waals surface area contributed by atoms with E-state index in [2.05, 4.69) is 4.98 Å². The van der Waals surface area contributed by atoms with Crippen LogP contribution in [-0.2, 0) is 5.88 Å². The van der Waals surface area contributed by atoms with Crippen molar-refractivity contribution in [3.8, 4) is 10.9 Å². The van der Waals surface area contributed by atoms with E-state index in [-0.39, 0.29) is 16.2 Å². The number of benzene rings is 1. The fourth-order valence-electron chi connectivity index (χ4n) is 1.27. The molecule has 0 aliphatic heterocycles. The van der Waals surface area contributed by atoms with Crippen molar-refractivity contribution < 1.29 is 18.4 Å². The topological polar surface area (TPSA) is 65.3 Å². The summed E-state index contributed by atoms with van der Waals surface area (Å²) in [5, 5.41) is 10.5. The van der Waals surface area contributed by atoms with Crippen molar-refractivity contribution in [2.75, 3.05) is 0 Å². The molecule has 1 heterocycles. The third-order valence-electron chi connectivity index (χ3n) is 2.15. The number of nitrogens with zero attached hydrogens (tertiary/aromatic N) is 2. The molecule has 0 atom stereocenters. The summed E-state index contributed by atoms with van der Waals surface area (Å²) in [6.45, 7) is 0. The molecule has 0 aliphatic carbocycles. The van der Waals surface area contributed by atoms with Crippen LogP contribution in [0.2, 0.25) is 5.15 Å². The Bertz CT molecular complexity index is 681. The molecule has 0 saturated heterocycles. The zero-order valence-corrected chi connectivity index (χ0v) is 11.7. The maximum absolute atomic E-state index is 13.6. The first-order chi connectivity index (χ1) is 9.42. The fraction of sp³-hybridized carbons (Fsp3) is 0.100. The number of alkyl halides is 1. The first-order valence-electron chi connectivity index (χ1n) is 4.94. The number of aromatic nitrogens is 1. The maximum atomic E-state index is 13.6. The van der Waals surface area contributed by atoms with Crippen LogP contribution in [0.3, 0.4) is 0 Å². The second-order valence-corrected chi connectivity index (χ2v) is 5.09. The number of thiazole rings is 1. The van der Waals surface area contributed by atoms with Gasteiger partial charge in [-0.1, -0.05) is 22.9 Å². The van der Waals surface area contributed by atoms with Crippen LogP contribution in [0.4, 0.5) is 14.5 Å². The highest BCUT2D eigenvalue weighted by molar-refractivity contribution is 7.14. The highest BCUT2D eigenvalue weighted by Crippen LogP contribution is 2.35. The number of nitro groups is 1. The second-order valence-electron chi connectivity index (χ2n) is 3.42. The van der Waals surface area contributed by atoms with Crippen LogP contribution in [0.5, 0.6) is 10.9 Å². The number of rotatable bonds is 4. The Balaban J connectivity index is 2.33. The molecule has 1 aromatic carbocycles. The van der Waals surface area contributed by atoms with Crippen molar-refractivity contribution >= 4 is 40.2 Å². The van der Waals surface area contributed by atoms with Gasteiger partial charge in [0.05, 0.1) is 21.7 Å². The van der Waals surface area contributed by atoms with E-state index in [1.807, 2.05) is 0 Å². The van der Waals surface area contributed by atoms with Gasteiger partial charge < -0.3 is 4.74 Å². The molecule has 0 amide bonds. The first-order valence-corrected chi connectivity index (χ1v) is 6.67. The summed E-state index contributed by atoms with van der Waals surface area (Å²) in [5.41, 5.74) is -0.978. The summed E-state index contributed by atoms with van der Waals surface area (Å²) in [6, 6.07) is 1.01. The van der Waals surface area contributed by atoms with Crippen molar-refractivity contribution in [1.29, 1.82) is 0 Å². The van der Waals surface area contributed by atoms with Crippen molar-refractivity contribution in [3.05, 3.63) is 43.9 Å². The van der Waals surface area contributed by atoms with E-state index in [0.717, 1.165) is 11.3 Å². The lowest BCUT2D eigenvalue weighted by atomic mass is 10.3. The van der Waals surface area contributed by atoms with E-state index in [1.165, 1.54) is 0 Å². The van der Waals surface area contributed by atoms with Crippen LogP contribution < -0.4 is 4.74 Å². The van der Waals surface area contributed by atoms with Crippen LogP contribution >= 0.6 is 34.5 Å². The molecule has 1 aromatic heterocycles.